The van der Waals surface area contributed by atoms with Gasteiger partial charge in [0, 0.05) is 11.4 Å². The van der Waals surface area contributed by atoms with Crippen molar-refractivity contribution in [3.8, 4) is 0 Å². The fourth-order valence-corrected chi connectivity index (χ4v) is 1.06. The highest BCUT2D eigenvalue weighted by Gasteiger charge is 2.32. The molecule has 0 rings (SSSR count). The van der Waals surface area contributed by atoms with E-state index in [-0.39, 0.29) is 0 Å². The van der Waals surface area contributed by atoms with E-state index in [1.807, 2.05) is 27.7 Å². The maximum absolute atomic E-state index is 12.1. The topological polar surface area (TPSA) is 108 Å². The van der Waals surface area contributed by atoms with Crippen LogP contribution in [0, 0.1) is 0 Å². The molecule has 0 aromatic rings. The smallest absolute Gasteiger partial charge is 0.269 e. The van der Waals surface area contributed by atoms with Crippen LogP contribution in [0.1, 0.15) is 68.2 Å². The van der Waals surface area contributed by atoms with Crippen molar-refractivity contribution < 1.29 is 9.59 Å². The second-order valence-electron chi connectivity index (χ2n) is 6.60. The minimum absolute atomic E-state index is 0.393. The molecule has 0 radical (unpaired) electrons. The Balaban J connectivity index is 4.99. The van der Waals surface area contributed by atoms with Gasteiger partial charge >= 0.3 is 0 Å². The van der Waals surface area contributed by atoms with E-state index in [2.05, 4.69) is 31.3 Å². The van der Waals surface area contributed by atoms with Gasteiger partial charge in [-0.05, 0) is 54.4 Å². The number of nitrogens with one attached hydrogen (secondary N) is 2. The highest BCUT2D eigenvalue weighted by molar-refractivity contribution is 5.89. The molecule has 136 valence electrons. The van der Waals surface area contributed by atoms with Crippen LogP contribution < -0.4 is 10.9 Å². The van der Waals surface area contributed by atoms with Crippen LogP contribution in [-0.2, 0) is 9.59 Å². The third kappa shape index (κ3) is 7.43. The number of amides is 2. The Morgan fingerprint density at radius 3 is 1.29 bits per heavy atom. The molecule has 0 aromatic carbocycles. The van der Waals surface area contributed by atoms with E-state index in [4.69, 9.17) is 0 Å². The Labute approximate surface area is 144 Å². The van der Waals surface area contributed by atoms with Gasteiger partial charge in [-0.3, -0.25) is 9.59 Å². The predicted molar refractivity (Wildman–Crippen MR) is 96.1 cm³/mol. The van der Waals surface area contributed by atoms with Gasteiger partial charge in [0.05, 0.1) is 0 Å². The summed E-state index contributed by atoms with van der Waals surface area (Å²) in [6.07, 6.45) is 1.49. The zero-order valence-corrected chi connectivity index (χ0v) is 16.0. The maximum atomic E-state index is 12.1. The number of carbonyl (C=O) groups excluding carboxylic acids is 2. The van der Waals surface area contributed by atoms with Crippen molar-refractivity contribution in [2.24, 2.45) is 20.4 Å². The van der Waals surface area contributed by atoms with Crippen molar-refractivity contribution in [3.05, 3.63) is 0 Å². The monoisotopic (exact) mass is 338 g/mol. The molecule has 2 N–H and O–H groups in total. The molecule has 0 saturated carbocycles. The molecule has 0 atom stereocenters. The van der Waals surface area contributed by atoms with E-state index < -0.39 is 22.9 Å². The molecule has 0 aliphatic rings. The summed E-state index contributed by atoms with van der Waals surface area (Å²) in [6, 6.07) is 0. The fourth-order valence-electron chi connectivity index (χ4n) is 1.06. The lowest BCUT2D eigenvalue weighted by atomic mass is 10.1. The van der Waals surface area contributed by atoms with Gasteiger partial charge in [-0.1, -0.05) is 13.8 Å². The lowest BCUT2D eigenvalue weighted by Gasteiger charge is -2.20. The Morgan fingerprint density at radius 1 is 0.750 bits per heavy atom. The summed E-state index contributed by atoms with van der Waals surface area (Å²) >= 11 is 0. The molecule has 24 heavy (non-hydrogen) atoms. The number of hydrogen-bond donors (Lipinski definition) is 2. The first-order valence-corrected chi connectivity index (χ1v) is 8.07. The zero-order chi connectivity index (χ0) is 19.0. The third-order valence-corrected chi connectivity index (χ3v) is 3.38. The fraction of sp³-hybridized carbons (Fsp3) is 0.750. The summed E-state index contributed by atoms with van der Waals surface area (Å²) in [5, 5.41) is 16.0. The summed E-state index contributed by atoms with van der Waals surface area (Å²) in [6.45, 7) is 14.0. The second-order valence-corrected chi connectivity index (χ2v) is 6.60. The van der Waals surface area contributed by atoms with Crippen LogP contribution in [0.15, 0.2) is 20.4 Å². The quantitative estimate of drug-likeness (QED) is 0.403. The van der Waals surface area contributed by atoms with E-state index in [9.17, 15) is 9.59 Å². The lowest BCUT2D eigenvalue weighted by Crippen LogP contribution is -2.41. The molecular formula is C16H30N6O2. The maximum Gasteiger partial charge on any atom is 0.269 e. The molecule has 0 fully saturated rings. The van der Waals surface area contributed by atoms with Gasteiger partial charge in [0.25, 0.3) is 11.8 Å². The van der Waals surface area contributed by atoms with E-state index in [1.165, 1.54) is 0 Å². The molecule has 0 aliphatic carbocycles. The molecule has 0 saturated heterocycles. The van der Waals surface area contributed by atoms with Crippen molar-refractivity contribution in [3.63, 3.8) is 0 Å². The van der Waals surface area contributed by atoms with Gasteiger partial charge in [-0.15, -0.1) is 0 Å². The number of hydrogen-bond acceptors (Lipinski definition) is 6. The van der Waals surface area contributed by atoms with E-state index >= 15 is 0 Å². The van der Waals surface area contributed by atoms with Gasteiger partial charge in [0.15, 0.2) is 11.1 Å². The van der Waals surface area contributed by atoms with Crippen LogP contribution in [0.25, 0.3) is 0 Å². The first-order valence-electron chi connectivity index (χ1n) is 8.07. The number of azo groups is 1. The van der Waals surface area contributed by atoms with E-state index in [0.29, 0.717) is 0 Å². The summed E-state index contributed by atoms with van der Waals surface area (Å²) in [4.78, 5) is 24.3. The number of hydrazone groups is 2. The van der Waals surface area contributed by atoms with E-state index in [1.54, 1.807) is 27.7 Å². The van der Waals surface area contributed by atoms with Crippen molar-refractivity contribution in [2.45, 2.75) is 79.3 Å². The summed E-state index contributed by atoms with van der Waals surface area (Å²) in [5.41, 5.74) is 4.25. The normalized spacial score (nSPS) is 14.0. The second kappa shape index (κ2) is 9.24. The molecular weight excluding hydrogens is 308 g/mol. The van der Waals surface area contributed by atoms with Gasteiger partial charge in [0.1, 0.15) is 0 Å². The van der Waals surface area contributed by atoms with Crippen molar-refractivity contribution >= 4 is 23.2 Å². The van der Waals surface area contributed by atoms with Crippen LogP contribution in [0.3, 0.4) is 0 Å². The van der Waals surface area contributed by atoms with Crippen LogP contribution in [0.4, 0.5) is 0 Å². The first kappa shape index (κ1) is 21.9. The number of nitrogens with zero attached hydrogens (tertiary/aromatic N) is 4. The predicted octanol–water partition coefficient (Wildman–Crippen LogP) is 2.80. The largest absolute Gasteiger partial charge is 0.270 e. The Bertz CT molecular complexity index is 499. The van der Waals surface area contributed by atoms with Gasteiger partial charge in [-0.2, -0.15) is 20.4 Å². The molecule has 0 aliphatic heterocycles. The first-order chi connectivity index (χ1) is 11.0. The number of carbonyl (C=O) groups is 2. The molecule has 0 heterocycles. The van der Waals surface area contributed by atoms with Crippen molar-refractivity contribution in [1.29, 1.82) is 0 Å². The molecule has 0 aromatic heterocycles. The summed E-state index contributed by atoms with van der Waals surface area (Å²) in [7, 11) is 0. The average Bonchev–Trinajstić information content (AvgIpc) is 2.54. The lowest BCUT2D eigenvalue weighted by molar-refractivity contribution is -0.127. The van der Waals surface area contributed by atoms with Gasteiger partial charge in [-0.25, -0.2) is 10.9 Å². The minimum atomic E-state index is -1.14. The molecule has 0 spiro atoms. The third-order valence-electron chi connectivity index (χ3n) is 3.38. The van der Waals surface area contributed by atoms with Crippen LogP contribution in [0.5, 0.6) is 0 Å². The zero-order valence-electron chi connectivity index (χ0n) is 16.0. The molecule has 8 heteroatoms. The Hall–Kier alpha value is -2.12. The van der Waals surface area contributed by atoms with E-state index in [0.717, 1.165) is 24.3 Å². The van der Waals surface area contributed by atoms with Crippen LogP contribution >= 0.6 is 0 Å². The van der Waals surface area contributed by atoms with Gasteiger partial charge < -0.3 is 0 Å². The summed E-state index contributed by atoms with van der Waals surface area (Å²) in [5.74, 6) is -0.787. The molecule has 0 unspecified atom stereocenters. The highest BCUT2D eigenvalue weighted by atomic mass is 16.2. The minimum Gasteiger partial charge on any atom is -0.270 e. The van der Waals surface area contributed by atoms with Crippen molar-refractivity contribution in [1.82, 2.24) is 10.9 Å². The standard InChI is InChI=1S/C16H30N6O2/c1-9-11(3)17-19-13(23)15(5,6)21-22-16(7,8)14(24)20-18-12(4)10-2/h9-10H2,1-8H3,(H,19,23)(H,20,24)/b17-11+,18-12+,22-21?. The summed E-state index contributed by atoms with van der Waals surface area (Å²) < 4.78 is 0. The van der Waals surface area contributed by atoms with Crippen LogP contribution in [0.2, 0.25) is 0 Å². The van der Waals surface area contributed by atoms with Crippen LogP contribution in [-0.4, -0.2) is 34.3 Å². The Kier molecular flexibility index (Phi) is 8.43. The number of rotatable bonds is 8. The molecule has 0 bridgehead atoms. The SMILES string of the molecule is CC/C(C)=N/NC(=O)C(C)(C)N=NC(C)(C)C(=O)N/N=C(\C)CC. The molecule has 8 nitrogen and oxygen atoms in total. The average molecular weight is 338 g/mol. The Morgan fingerprint density at radius 2 is 1.04 bits per heavy atom. The highest BCUT2D eigenvalue weighted by Crippen LogP contribution is 2.16. The molecule has 2 amide bonds. The van der Waals surface area contributed by atoms with Crippen molar-refractivity contribution in [2.75, 3.05) is 0 Å². The van der Waals surface area contributed by atoms with Gasteiger partial charge in [0.2, 0.25) is 0 Å².